The fourth-order valence-electron chi connectivity index (χ4n) is 2.75. The van der Waals surface area contributed by atoms with Gasteiger partial charge in [-0.3, -0.25) is 14.7 Å². The minimum atomic E-state index is -4.52. The second-order valence-electron chi connectivity index (χ2n) is 6.11. The Balaban J connectivity index is 1.62. The maximum atomic E-state index is 12.7. The minimum absolute atomic E-state index is 0.168. The molecule has 0 radical (unpaired) electrons. The molecule has 0 spiro atoms. The van der Waals surface area contributed by atoms with Gasteiger partial charge in [-0.25, -0.2) is 4.98 Å². The number of benzene rings is 1. The normalized spacial score (nSPS) is 20.2. The van der Waals surface area contributed by atoms with Gasteiger partial charge in [-0.2, -0.15) is 18.3 Å². The van der Waals surface area contributed by atoms with Crippen molar-refractivity contribution in [3.63, 3.8) is 0 Å². The number of nitrogens with zero attached hydrogens (tertiary/aromatic N) is 2. The summed E-state index contributed by atoms with van der Waals surface area (Å²) in [5.74, 6) is -1.76. The summed E-state index contributed by atoms with van der Waals surface area (Å²) in [7, 11) is 0. The van der Waals surface area contributed by atoms with Crippen molar-refractivity contribution in [3.05, 3.63) is 30.1 Å². The molecule has 1 saturated heterocycles. The summed E-state index contributed by atoms with van der Waals surface area (Å²) in [6.45, 7) is 0.222. The monoisotopic (exact) mass is 382 g/mol. The Morgan fingerprint density at radius 1 is 1.26 bits per heavy atom. The molecule has 1 aromatic heterocycles. The Morgan fingerprint density at radius 2 is 1.96 bits per heavy atom. The number of hydrogen-bond acceptors (Lipinski definition) is 5. The average molecular weight is 382 g/mol. The quantitative estimate of drug-likeness (QED) is 0.594. The number of rotatable bonds is 4. The standard InChI is InChI=1S/C16H17F3N6O2/c17-16(18,19)11-6-5-10(15(27)22-11)14(26)21-9-3-1-8(2-4-9)13-23-12(7-20)24-25-13/h1-4,10-11H,5-7,20H2,(H,21,26)(H,22,27)(H,23,24,25). The number of amides is 2. The van der Waals surface area contributed by atoms with Crippen LogP contribution in [0.3, 0.4) is 0 Å². The van der Waals surface area contributed by atoms with Crippen LogP contribution in [-0.4, -0.2) is 39.2 Å². The van der Waals surface area contributed by atoms with Crippen molar-refractivity contribution in [1.82, 2.24) is 20.5 Å². The van der Waals surface area contributed by atoms with Gasteiger partial charge in [-0.05, 0) is 37.1 Å². The summed E-state index contributed by atoms with van der Waals surface area (Å²) in [4.78, 5) is 28.3. The number of H-pyrrole nitrogens is 1. The molecule has 2 heterocycles. The van der Waals surface area contributed by atoms with Gasteiger partial charge in [-0.15, -0.1) is 0 Å². The van der Waals surface area contributed by atoms with Gasteiger partial charge in [0.25, 0.3) is 0 Å². The van der Waals surface area contributed by atoms with Crippen molar-refractivity contribution >= 4 is 17.5 Å². The van der Waals surface area contributed by atoms with Crippen LogP contribution in [-0.2, 0) is 16.1 Å². The molecule has 0 aliphatic carbocycles. The summed E-state index contributed by atoms with van der Waals surface area (Å²) in [6.07, 6.45) is -5.02. The molecule has 1 aromatic carbocycles. The van der Waals surface area contributed by atoms with Crippen LogP contribution in [0.2, 0.25) is 0 Å². The Kier molecular flexibility index (Phi) is 5.13. The molecule has 0 saturated carbocycles. The van der Waals surface area contributed by atoms with Gasteiger partial charge in [-0.1, -0.05) is 0 Å². The first-order chi connectivity index (χ1) is 12.8. The Morgan fingerprint density at radius 3 is 2.52 bits per heavy atom. The summed E-state index contributed by atoms with van der Waals surface area (Å²) in [5.41, 5.74) is 6.55. The zero-order valence-corrected chi connectivity index (χ0v) is 14.0. The molecule has 1 fully saturated rings. The molecule has 11 heteroatoms. The first-order valence-corrected chi connectivity index (χ1v) is 8.17. The second-order valence-corrected chi connectivity index (χ2v) is 6.11. The maximum absolute atomic E-state index is 12.7. The zero-order valence-electron chi connectivity index (χ0n) is 14.0. The average Bonchev–Trinajstić information content (AvgIpc) is 3.10. The van der Waals surface area contributed by atoms with Gasteiger partial charge >= 0.3 is 6.18 Å². The number of aromatic amines is 1. The van der Waals surface area contributed by atoms with E-state index < -0.39 is 30.0 Å². The predicted octanol–water partition coefficient (Wildman–Crippen LogP) is 1.33. The molecule has 2 atom stereocenters. The highest BCUT2D eigenvalue weighted by atomic mass is 19.4. The Bertz CT molecular complexity index is 833. The van der Waals surface area contributed by atoms with Crippen LogP contribution in [0.5, 0.6) is 0 Å². The lowest BCUT2D eigenvalue weighted by atomic mass is 9.92. The molecule has 2 aromatic rings. The van der Waals surface area contributed by atoms with Gasteiger partial charge in [0.2, 0.25) is 11.8 Å². The van der Waals surface area contributed by atoms with E-state index in [-0.39, 0.29) is 19.4 Å². The van der Waals surface area contributed by atoms with Crippen molar-refractivity contribution in [2.45, 2.75) is 31.6 Å². The molecule has 3 rings (SSSR count). The van der Waals surface area contributed by atoms with Crippen molar-refractivity contribution in [2.24, 2.45) is 11.7 Å². The number of nitrogens with one attached hydrogen (secondary N) is 3. The molecule has 8 nitrogen and oxygen atoms in total. The van der Waals surface area contributed by atoms with Gasteiger partial charge in [0.1, 0.15) is 17.8 Å². The number of piperidine rings is 1. The third kappa shape index (κ3) is 4.25. The van der Waals surface area contributed by atoms with Crippen LogP contribution < -0.4 is 16.4 Å². The number of anilines is 1. The van der Waals surface area contributed by atoms with Gasteiger partial charge < -0.3 is 16.4 Å². The molecular weight excluding hydrogens is 365 g/mol. The van der Waals surface area contributed by atoms with E-state index >= 15 is 0 Å². The second kappa shape index (κ2) is 7.35. The first kappa shape index (κ1) is 18.8. The molecular formula is C16H17F3N6O2. The molecule has 27 heavy (non-hydrogen) atoms. The Labute approximate surface area is 151 Å². The summed E-state index contributed by atoms with van der Waals surface area (Å²) >= 11 is 0. The number of alkyl halides is 3. The van der Waals surface area contributed by atoms with Crippen LogP contribution in [0, 0.1) is 5.92 Å². The highest BCUT2D eigenvalue weighted by Crippen LogP contribution is 2.29. The minimum Gasteiger partial charge on any atom is -0.344 e. The highest BCUT2D eigenvalue weighted by molar-refractivity contribution is 6.06. The van der Waals surface area contributed by atoms with E-state index in [4.69, 9.17) is 5.73 Å². The van der Waals surface area contributed by atoms with E-state index in [0.717, 1.165) is 0 Å². The molecule has 1 aliphatic rings. The lowest BCUT2D eigenvalue weighted by Gasteiger charge is -2.29. The lowest BCUT2D eigenvalue weighted by molar-refractivity contribution is -0.170. The van der Waals surface area contributed by atoms with Crippen LogP contribution in [0.4, 0.5) is 18.9 Å². The molecule has 5 N–H and O–H groups in total. The van der Waals surface area contributed by atoms with E-state index in [1.165, 1.54) is 0 Å². The molecule has 0 bridgehead atoms. The van der Waals surface area contributed by atoms with E-state index in [0.29, 0.717) is 22.9 Å². The lowest BCUT2D eigenvalue weighted by Crippen LogP contribution is -2.53. The van der Waals surface area contributed by atoms with Crippen LogP contribution in [0.15, 0.2) is 24.3 Å². The SMILES string of the molecule is NCc1nc(-c2ccc(NC(=O)C3CCC(C(F)(F)F)NC3=O)cc2)n[nH]1. The van der Waals surface area contributed by atoms with Gasteiger partial charge in [0.05, 0.1) is 6.54 Å². The summed E-state index contributed by atoms with van der Waals surface area (Å²) in [5, 5.41) is 11.1. The zero-order chi connectivity index (χ0) is 19.6. The van der Waals surface area contributed by atoms with Crippen LogP contribution >= 0.6 is 0 Å². The molecule has 2 amide bonds. The van der Waals surface area contributed by atoms with E-state index in [2.05, 4.69) is 20.5 Å². The third-order valence-corrected chi connectivity index (χ3v) is 4.22. The van der Waals surface area contributed by atoms with Crippen LogP contribution in [0.1, 0.15) is 18.7 Å². The van der Waals surface area contributed by atoms with E-state index in [9.17, 15) is 22.8 Å². The van der Waals surface area contributed by atoms with Crippen molar-refractivity contribution in [1.29, 1.82) is 0 Å². The number of nitrogens with two attached hydrogens (primary N) is 1. The Hall–Kier alpha value is -2.95. The predicted molar refractivity (Wildman–Crippen MR) is 89.0 cm³/mol. The maximum Gasteiger partial charge on any atom is 0.408 e. The number of carbonyl (C=O) groups is 2. The number of hydrogen-bond donors (Lipinski definition) is 4. The third-order valence-electron chi connectivity index (χ3n) is 4.22. The number of aromatic nitrogens is 3. The molecule has 2 unspecified atom stereocenters. The van der Waals surface area contributed by atoms with Gasteiger partial charge in [0, 0.05) is 11.3 Å². The fourth-order valence-corrected chi connectivity index (χ4v) is 2.75. The van der Waals surface area contributed by atoms with Crippen molar-refractivity contribution in [3.8, 4) is 11.4 Å². The van der Waals surface area contributed by atoms with E-state index in [1.807, 2.05) is 5.32 Å². The summed E-state index contributed by atoms with van der Waals surface area (Å²) < 4.78 is 38.0. The summed E-state index contributed by atoms with van der Waals surface area (Å²) in [6, 6.07) is 4.60. The number of halogens is 3. The molecule has 1 aliphatic heterocycles. The first-order valence-electron chi connectivity index (χ1n) is 8.17. The number of carbonyl (C=O) groups excluding carboxylic acids is 2. The molecule has 144 valence electrons. The van der Waals surface area contributed by atoms with Gasteiger partial charge in [0.15, 0.2) is 5.82 Å². The highest BCUT2D eigenvalue weighted by Gasteiger charge is 2.45. The van der Waals surface area contributed by atoms with Crippen molar-refractivity contribution in [2.75, 3.05) is 5.32 Å². The topological polar surface area (TPSA) is 126 Å². The largest absolute Gasteiger partial charge is 0.408 e. The van der Waals surface area contributed by atoms with Crippen molar-refractivity contribution < 1.29 is 22.8 Å². The van der Waals surface area contributed by atoms with Crippen LogP contribution in [0.25, 0.3) is 11.4 Å². The fraction of sp³-hybridized carbons (Fsp3) is 0.375. The smallest absolute Gasteiger partial charge is 0.344 e. The van der Waals surface area contributed by atoms with E-state index in [1.54, 1.807) is 24.3 Å².